The highest BCUT2D eigenvalue weighted by atomic mass is 32.1. The van der Waals surface area contributed by atoms with Gasteiger partial charge in [-0.05, 0) is 11.0 Å². The number of methoxy groups -OCH3 is 1. The summed E-state index contributed by atoms with van der Waals surface area (Å²) in [6.45, 7) is 7.27. The lowest BCUT2D eigenvalue weighted by Crippen LogP contribution is -2.10. The molecular weight excluding hydrogens is 296 g/mol. The van der Waals surface area contributed by atoms with Crippen LogP contribution in [-0.2, 0) is 16.6 Å². The predicted molar refractivity (Wildman–Crippen MR) is 88.4 cm³/mol. The lowest BCUT2D eigenvalue weighted by molar-refractivity contribution is 0.200. The van der Waals surface area contributed by atoms with Crippen LogP contribution in [0.5, 0.6) is 0 Å². The highest BCUT2D eigenvalue weighted by molar-refractivity contribution is 7.19. The maximum absolute atomic E-state index is 5.10. The van der Waals surface area contributed by atoms with Gasteiger partial charge in [0, 0.05) is 19.1 Å². The van der Waals surface area contributed by atoms with Gasteiger partial charge in [-0.25, -0.2) is 0 Å². The number of ether oxygens (including phenoxy) is 1. The van der Waals surface area contributed by atoms with Gasteiger partial charge in [-0.2, -0.15) is 9.61 Å². The van der Waals surface area contributed by atoms with Gasteiger partial charge in [0.1, 0.15) is 5.01 Å². The van der Waals surface area contributed by atoms with Crippen molar-refractivity contribution in [2.24, 2.45) is 0 Å². The molecule has 6 heteroatoms. The Hall–Kier alpha value is -1.79. The molecule has 0 atom stereocenters. The van der Waals surface area contributed by atoms with E-state index in [9.17, 15) is 0 Å². The van der Waals surface area contributed by atoms with E-state index < -0.39 is 0 Å². The third kappa shape index (κ3) is 2.89. The Kier molecular flexibility index (Phi) is 3.97. The normalized spacial score (nSPS) is 12.2. The van der Waals surface area contributed by atoms with Crippen LogP contribution >= 0.6 is 11.3 Å². The number of nitrogens with zero attached hydrogens (tertiary/aromatic N) is 4. The second-order valence-corrected chi connectivity index (χ2v) is 7.24. The van der Waals surface area contributed by atoms with Crippen molar-refractivity contribution in [3.63, 3.8) is 0 Å². The van der Waals surface area contributed by atoms with E-state index in [2.05, 4.69) is 60.3 Å². The van der Waals surface area contributed by atoms with Gasteiger partial charge < -0.3 is 4.74 Å². The first-order chi connectivity index (χ1) is 10.5. The van der Waals surface area contributed by atoms with Gasteiger partial charge in [-0.15, -0.1) is 10.2 Å². The molecule has 0 fully saturated rings. The fourth-order valence-corrected chi connectivity index (χ4v) is 3.10. The third-order valence-corrected chi connectivity index (χ3v) is 4.53. The highest BCUT2D eigenvalue weighted by Gasteiger charge is 2.15. The molecule has 0 aliphatic carbocycles. The van der Waals surface area contributed by atoms with Crippen molar-refractivity contribution in [1.29, 1.82) is 0 Å². The summed E-state index contributed by atoms with van der Waals surface area (Å²) in [5, 5.41) is 13.9. The molecule has 0 bridgehead atoms. The number of hydrogen-bond acceptors (Lipinski definition) is 5. The molecule has 0 spiro atoms. The van der Waals surface area contributed by atoms with E-state index in [0.717, 1.165) is 21.4 Å². The van der Waals surface area contributed by atoms with Crippen LogP contribution in [0.15, 0.2) is 24.3 Å². The molecule has 0 aliphatic rings. The van der Waals surface area contributed by atoms with Gasteiger partial charge >= 0.3 is 0 Å². The van der Waals surface area contributed by atoms with Gasteiger partial charge in [0.25, 0.3) is 0 Å². The maximum Gasteiger partial charge on any atom is 0.234 e. The Morgan fingerprint density at radius 2 is 1.86 bits per heavy atom. The van der Waals surface area contributed by atoms with E-state index in [1.54, 1.807) is 18.4 Å². The smallest absolute Gasteiger partial charge is 0.234 e. The zero-order chi connectivity index (χ0) is 15.7. The summed E-state index contributed by atoms with van der Waals surface area (Å²) >= 11 is 1.56. The summed E-state index contributed by atoms with van der Waals surface area (Å²) in [6, 6.07) is 8.59. The molecule has 0 saturated heterocycles. The maximum atomic E-state index is 5.10. The molecular formula is C16H20N4OS. The number of hydrogen-bond donors (Lipinski definition) is 0. The molecule has 0 unspecified atom stereocenters. The van der Waals surface area contributed by atoms with Gasteiger partial charge in [0.2, 0.25) is 4.96 Å². The molecule has 0 amide bonds. The van der Waals surface area contributed by atoms with Crippen molar-refractivity contribution in [2.45, 2.75) is 32.6 Å². The van der Waals surface area contributed by atoms with Crippen LogP contribution in [0.3, 0.4) is 0 Å². The number of rotatable bonds is 4. The molecule has 0 aliphatic heterocycles. The summed E-state index contributed by atoms with van der Waals surface area (Å²) < 4.78 is 6.91. The summed E-state index contributed by atoms with van der Waals surface area (Å²) in [6.07, 6.45) is 0.712. The van der Waals surface area contributed by atoms with Gasteiger partial charge in [0.15, 0.2) is 5.82 Å². The highest BCUT2D eigenvalue weighted by Crippen LogP contribution is 2.28. The van der Waals surface area contributed by atoms with Crippen molar-refractivity contribution in [3.8, 4) is 10.6 Å². The summed E-state index contributed by atoms with van der Waals surface area (Å²) in [5.74, 6) is 0.839. The molecule has 1 aromatic carbocycles. The van der Waals surface area contributed by atoms with E-state index >= 15 is 0 Å². The summed E-state index contributed by atoms with van der Waals surface area (Å²) in [7, 11) is 1.68. The number of aromatic nitrogens is 4. The quantitative estimate of drug-likeness (QED) is 0.741. The molecule has 0 saturated carbocycles. The number of fused-ring (bicyclic) bond motifs is 1. The second kappa shape index (κ2) is 5.78. The van der Waals surface area contributed by atoms with Crippen LogP contribution in [0, 0.1) is 0 Å². The first-order valence-corrected chi connectivity index (χ1v) is 8.11. The predicted octanol–water partition coefficient (Wildman–Crippen LogP) is 3.34. The largest absolute Gasteiger partial charge is 0.384 e. The first-order valence-electron chi connectivity index (χ1n) is 7.30. The average Bonchev–Trinajstić information content (AvgIpc) is 3.05. The second-order valence-electron chi connectivity index (χ2n) is 6.29. The fourth-order valence-electron chi connectivity index (χ4n) is 2.24. The zero-order valence-electron chi connectivity index (χ0n) is 13.3. The molecule has 5 nitrogen and oxygen atoms in total. The minimum Gasteiger partial charge on any atom is -0.384 e. The Morgan fingerprint density at radius 3 is 2.50 bits per heavy atom. The molecule has 2 aromatic heterocycles. The van der Waals surface area contributed by atoms with Crippen molar-refractivity contribution in [3.05, 3.63) is 35.7 Å². The molecule has 3 rings (SSSR count). The Morgan fingerprint density at radius 1 is 1.14 bits per heavy atom. The Balaban J connectivity index is 1.91. The third-order valence-electron chi connectivity index (χ3n) is 3.58. The summed E-state index contributed by atoms with van der Waals surface area (Å²) in [5.41, 5.74) is 2.59. The van der Waals surface area contributed by atoms with E-state index in [-0.39, 0.29) is 5.41 Å². The molecule has 0 N–H and O–H groups in total. The first kappa shape index (κ1) is 15.1. The Bertz CT molecular complexity index is 768. The van der Waals surface area contributed by atoms with Crippen LogP contribution in [0.1, 0.15) is 32.2 Å². The van der Waals surface area contributed by atoms with Crippen LogP contribution in [0.4, 0.5) is 0 Å². The van der Waals surface area contributed by atoms with E-state index in [0.29, 0.717) is 13.0 Å². The van der Waals surface area contributed by atoms with Gasteiger partial charge in [0.05, 0.1) is 6.61 Å². The molecule has 2 heterocycles. The molecule has 0 radical (unpaired) electrons. The standard InChI is InChI=1S/C16H20N4OS/c1-16(2,3)12-7-5-11(6-8-12)14-19-20-13(9-10-21-4)17-18-15(20)22-14/h5-8H,9-10H2,1-4H3. The fraction of sp³-hybridized carbons (Fsp3) is 0.438. The van der Waals surface area contributed by atoms with Gasteiger partial charge in [-0.1, -0.05) is 56.4 Å². The molecule has 3 aromatic rings. The monoisotopic (exact) mass is 316 g/mol. The lowest BCUT2D eigenvalue weighted by atomic mass is 9.87. The average molecular weight is 316 g/mol. The molecule has 116 valence electrons. The minimum absolute atomic E-state index is 0.160. The summed E-state index contributed by atoms with van der Waals surface area (Å²) in [4.78, 5) is 0.820. The van der Waals surface area contributed by atoms with Crippen molar-refractivity contribution in [2.75, 3.05) is 13.7 Å². The van der Waals surface area contributed by atoms with Crippen LogP contribution in [0.2, 0.25) is 0 Å². The van der Waals surface area contributed by atoms with Crippen molar-refractivity contribution < 1.29 is 4.74 Å². The minimum atomic E-state index is 0.160. The van der Waals surface area contributed by atoms with Crippen LogP contribution in [0.25, 0.3) is 15.5 Å². The zero-order valence-corrected chi connectivity index (χ0v) is 14.1. The van der Waals surface area contributed by atoms with Crippen LogP contribution in [-0.4, -0.2) is 33.5 Å². The topological polar surface area (TPSA) is 52.3 Å². The van der Waals surface area contributed by atoms with Crippen molar-refractivity contribution in [1.82, 2.24) is 19.8 Å². The van der Waals surface area contributed by atoms with Crippen molar-refractivity contribution >= 4 is 16.3 Å². The van der Waals surface area contributed by atoms with E-state index in [1.165, 1.54) is 5.56 Å². The van der Waals surface area contributed by atoms with Crippen LogP contribution < -0.4 is 0 Å². The van der Waals surface area contributed by atoms with E-state index in [4.69, 9.17) is 4.74 Å². The van der Waals surface area contributed by atoms with E-state index in [1.807, 2.05) is 4.52 Å². The molecule has 22 heavy (non-hydrogen) atoms. The van der Waals surface area contributed by atoms with Gasteiger partial charge in [-0.3, -0.25) is 0 Å². The Labute approximate surface area is 134 Å². The lowest BCUT2D eigenvalue weighted by Gasteiger charge is -2.18. The SMILES string of the molecule is COCCc1nnc2sc(-c3ccc(C(C)(C)C)cc3)nn12. The number of benzene rings is 1.